The average Bonchev–Trinajstić information content (AvgIpc) is 3.30. The van der Waals surface area contributed by atoms with Gasteiger partial charge in [0, 0.05) is 43.3 Å². The van der Waals surface area contributed by atoms with E-state index < -0.39 is 0 Å². The Morgan fingerprint density at radius 1 is 1.07 bits per heavy atom. The Hall–Kier alpha value is -2.66. The van der Waals surface area contributed by atoms with Gasteiger partial charge >= 0.3 is 0 Å². The Kier molecular flexibility index (Phi) is 6.48. The highest BCUT2D eigenvalue weighted by atomic mass is 16.2. The molecule has 1 heterocycles. The van der Waals surface area contributed by atoms with Gasteiger partial charge in [-0.05, 0) is 55.0 Å². The lowest BCUT2D eigenvalue weighted by Gasteiger charge is -2.28. The highest BCUT2D eigenvalue weighted by Gasteiger charge is 2.23. The molecule has 2 aliphatic rings. The molecule has 5 nitrogen and oxygen atoms in total. The van der Waals surface area contributed by atoms with Gasteiger partial charge in [-0.15, -0.1) is 0 Å². The standard InChI is InChI=1S/C25H31N3O2/c1-18-10-11-21(16-23(18)27-25(30)20-7-3-4-8-20)24(29)26-13-15-28-14-12-19-6-2-5-9-22(19)17-28/h2,5-6,9-11,16,20H,3-4,7-8,12-15,17H2,1H3,(H,26,29)(H,27,30). The fraction of sp³-hybridized carbons (Fsp3) is 0.440. The number of benzene rings is 2. The summed E-state index contributed by atoms with van der Waals surface area (Å²) < 4.78 is 0. The van der Waals surface area contributed by atoms with E-state index in [1.54, 1.807) is 6.07 Å². The van der Waals surface area contributed by atoms with Crippen molar-refractivity contribution in [2.45, 2.75) is 45.6 Å². The summed E-state index contributed by atoms with van der Waals surface area (Å²) in [6, 6.07) is 14.1. The maximum absolute atomic E-state index is 12.6. The summed E-state index contributed by atoms with van der Waals surface area (Å²) in [5, 5.41) is 6.07. The molecule has 1 fully saturated rings. The van der Waals surface area contributed by atoms with Crippen LogP contribution in [-0.4, -0.2) is 36.3 Å². The van der Waals surface area contributed by atoms with Gasteiger partial charge in [0.2, 0.25) is 5.91 Å². The number of hydrogen-bond donors (Lipinski definition) is 2. The van der Waals surface area contributed by atoms with Gasteiger partial charge in [0.25, 0.3) is 5.91 Å². The van der Waals surface area contributed by atoms with Crippen LogP contribution in [0.4, 0.5) is 5.69 Å². The third kappa shape index (κ3) is 4.90. The van der Waals surface area contributed by atoms with E-state index in [2.05, 4.69) is 39.8 Å². The molecule has 0 saturated heterocycles. The van der Waals surface area contributed by atoms with Gasteiger partial charge in [0.1, 0.15) is 0 Å². The van der Waals surface area contributed by atoms with Crippen LogP contribution in [0.2, 0.25) is 0 Å². The second-order valence-electron chi connectivity index (χ2n) is 8.55. The number of hydrogen-bond acceptors (Lipinski definition) is 3. The molecule has 1 aliphatic heterocycles. The first-order chi connectivity index (χ1) is 14.6. The molecule has 5 heteroatoms. The van der Waals surface area contributed by atoms with Crippen molar-refractivity contribution < 1.29 is 9.59 Å². The number of anilines is 1. The number of carbonyl (C=O) groups excluding carboxylic acids is 2. The van der Waals surface area contributed by atoms with Crippen LogP contribution in [0.3, 0.4) is 0 Å². The number of rotatable bonds is 6. The Labute approximate surface area is 178 Å². The normalized spacial score (nSPS) is 16.8. The van der Waals surface area contributed by atoms with Crippen LogP contribution in [0.5, 0.6) is 0 Å². The van der Waals surface area contributed by atoms with Gasteiger partial charge in [0.05, 0.1) is 0 Å². The van der Waals surface area contributed by atoms with Crippen molar-refractivity contribution in [2.24, 2.45) is 5.92 Å². The molecule has 0 spiro atoms. The number of fused-ring (bicyclic) bond motifs is 1. The molecule has 2 N–H and O–H groups in total. The molecule has 0 bridgehead atoms. The van der Waals surface area contributed by atoms with Crippen LogP contribution in [0.15, 0.2) is 42.5 Å². The monoisotopic (exact) mass is 405 g/mol. The Bertz CT molecular complexity index is 918. The first-order valence-corrected chi connectivity index (χ1v) is 11.1. The molecule has 1 aliphatic carbocycles. The molecule has 30 heavy (non-hydrogen) atoms. The first kappa shape index (κ1) is 20.6. The Morgan fingerprint density at radius 2 is 1.83 bits per heavy atom. The maximum Gasteiger partial charge on any atom is 0.251 e. The van der Waals surface area contributed by atoms with Gasteiger partial charge < -0.3 is 10.6 Å². The van der Waals surface area contributed by atoms with Crippen LogP contribution in [-0.2, 0) is 17.8 Å². The second kappa shape index (κ2) is 9.43. The minimum Gasteiger partial charge on any atom is -0.351 e. The summed E-state index contributed by atoms with van der Waals surface area (Å²) in [6.45, 7) is 5.36. The van der Waals surface area contributed by atoms with Gasteiger partial charge in [0.15, 0.2) is 0 Å². The van der Waals surface area contributed by atoms with Gasteiger partial charge in [-0.3, -0.25) is 14.5 Å². The molecule has 2 amide bonds. The summed E-state index contributed by atoms with van der Waals surface area (Å²) in [7, 11) is 0. The second-order valence-corrected chi connectivity index (χ2v) is 8.55. The van der Waals surface area contributed by atoms with Crippen LogP contribution in [0.25, 0.3) is 0 Å². The minimum absolute atomic E-state index is 0.0820. The molecule has 1 saturated carbocycles. The number of carbonyl (C=O) groups is 2. The topological polar surface area (TPSA) is 61.4 Å². The molecule has 2 aromatic rings. The summed E-state index contributed by atoms with van der Waals surface area (Å²) in [6.07, 6.45) is 5.24. The molecular formula is C25H31N3O2. The van der Waals surface area contributed by atoms with Crippen molar-refractivity contribution >= 4 is 17.5 Å². The van der Waals surface area contributed by atoms with E-state index in [1.807, 2.05) is 19.1 Å². The third-order valence-corrected chi connectivity index (χ3v) is 6.41. The first-order valence-electron chi connectivity index (χ1n) is 11.1. The van der Waals surface area contributed by atoms with Crippen molar-refractivity contribution in [3.63, 3.8) is 0 Å². The molecule has 0 atom stereocenters. The van der Waals surface area contributed by atoms with Crippen molar-refractivity contribution in [3.8, 4) is 0 Å². The predicted molar refractivity (Wildman–Crippen MR) is 120 cm³/mol. The van der Waals surface area contributed by atoms with Gasteiger partial charge in [-0.1, -0.05) is 43.2 Å². The lowest BCUT2D eigenvalue weighted by molar-refractivity contribution is -0.119. The van der Waals surface area contributed by atoms with Crippen LogP contribution in [0, 0.1) is 12.8 Å². The lowest BCUT2D eigenvalue weighted by atomic mass is 10.00. The zero-order chi connectivity index (χ0) is 20.9. The fourth-order valence-corrected chi connectivity index (χ4v) is 4.50. The zero-order valence-corrected chi connectivity index (χ0v) is 17.7. The van der Waals surface area contributed by atoms with Crippen LogP contribution in [0.1, 0.15) is 52.7 Å². The molecule has 0 aromatic heterocycles. The van der Waals surface area contributed by atoms with Gasteiger partial charge in [-0.2, -0.15) is 0 Å². The summed E-state index contributed by atoms with van der Waals surface area (Å²) in [4.78, 5) is 27.5. The third-order valence-electron chi connectivity index (χ3n) is 6.41. The largest absolute Gasteiger partial charge is 0.351 e. The van der Waals surface area contributed by atoms with Crippen LogP contribution >= 0.6 is 0 Å². The van der Waals surface area contributed by atoms with Gasteiger partial charge in [-0.25, -0.2) is 0 Å². The van der Waals surface area contributed by atoms with E-state index in [4.69, 9.17) is 0 Å². The molecule has 0 unspecified atom stereocenters. The Balaban J connectivity index is 1.30. The van der Waals surface area contributed by atoms with E-state index >= 15 is 0 Å². The predicted octanol–water partition coefficient (Wildman–Crippen LogP) is 3.91. The highest BCUT2D eigenvalue weighted by molar-refractivity contribution is 5.98. The fourth-order valence-electron chi connectivity index (χ4n) is 4.50. The average molecular weight is 406 g/mol. The maximum atomic E-state index is 12.6. The summed E-state index contributed by atoms with van der Waals surface area (Å²) in [5.74, 6) is 0.0962. The van der Waals surface area contributed by atoms with Crippen molar-refractivity contribution in [1.29, 1.82) is 0 Å². The van der Waals surface area contributed by atoms with Crippen molar-refractivity contribution in [3.05, 3.63) is 64.7 Å². The Morgan fingerprint density at radius 3 is 2.63 bits per heavy atom. The minimum atomic E-state index is -0.0937. The van der Waals surface area contributed by atoms with Crippen molar-refractivity contribution in [2.75, 3.05) is 25.0 Å². The highest BCUT2D eigenvalue weighted by Crippen LogP contribution is 2.27. The summed E-state index contributed by atoms with van der Waals surface area (Å²) in [5.41, 5.74) is 5.13. The zero-order valence-electron chi connectivity index (χ0n) is 17.7. The molecule has 4 rings (SSSR count). The SMILES string of the molecule is Cc1ccc(C(=O)NCCN2CCc3ccccc3C2)cc1NC(=O)C1CCCC1. The summed E-state index contributed by atoms with van der Waals surface area (Å²) >= 11 is 0. The number of amides is 2. The van der Waals surface area contributed by atoms with E-state index in [9.17, 15) is 9.59 Å². The van der Waals surface area contributed by atoms with Crippen LogP contribution < -0.4 is 10.6 Å². The quantitative estimate of drug-likeness (QED) is 0.766. The smallest absolute Gasteiger partial charge is 0.251 e. The number of nitrogens with zero attached hydrogens (tertiary/aromatic N) is 1. The van der Waals surface area contributed by atoms with E-state index in [1.165, 1.54) is 11.1 Å². The van der Waals surface area contributed by atoms with Crippen molar-refractivity contribution in [1.82, 2.24) is 10.2 Å². The number of aryl methyl sites for hydroxylation is 1. The van der Waals surface area contributed by atoms with E-state index in [0.717, 1.165) is 63.0 Å². The molecule has 0 radical (unpaired) electrons. The lowest BCUT2D eigenvalue weighted by Crippen LogP contribution is -2.37. The van der Waals surface area contributed by atoms with E-state index in [-0.39, 0.29) is 17.7 Å². The molecule has 2 aromatic carbocycles. The molecular weight excluding hydrogens is 374 g/mol. The van der Waals surface area contributed by atoms with E-state index in [0.29, 0.717) is 12.1 Å². The number of nitrogens with one attached hydrogen (secondary N) is 2. The molecule has 158 valence electrons.